The van der Waals surface area contributed by atoms with Crippen LogP contribution < -0.4 is 5.32 Å². The molecule has 0 fully saturated rings. The van der Waals surface area contributed by atoms with E-state index >= 15 is 0 Å². The van der Waals surface area contributed by atoms with Gasteiger partial charge in [0.2, 0.25) is 0 Å². The Balaban J connectivity index is 2.11. The normalized spacial score (nSPS) is 20.2. The maximum atomic E-state index is 4.42. The predicted octanol–water partition coefficient (Wildman–Crippen LogP) is 3.66. The van der Waals surface area contributed by atoms with E-state index in [1.54, 1.807) is 11.8 Å². The van der Waals surface area contributed by atoms with E-state index in [1.807, 2.05) is 0 Å². The van der Waals surface area contributed by atoms with Crippen LogP contribution in [0.2, 0.25) is 0 Å². The van der Waals surface area contributed by atoms with E-state index in [9.17, 15) is 0 Å². The number of thioether (sulfide) groups is 1. The molecular formula is C11H13BrN2S. The zero-order valence-corrected chi connectivity index (χ0v) is 11.2. The zero-order chi connectivity index (χ0) is 10.8. The Hall–Kier alpha value is -0.480. The average Bonchev–Trinajstić information content (AvgIpc) is 2.49. The first-order valence-corrected chi connectivity index (χ1v) is 6.56. The van der Waals surface area contributed by atoms with Crippen LogP contribution in [0, 0.1) is 6.92 Å². The quantitative estimate of drug-likeness (QED) is 0.851. The maximum absolute atomic E-state index is 4.42. The van der Waals surface area contributed by atoms with E-state index in [-0.39, 0.29) is 0 Å². The lowest BCUT2D eigenvalue weighted by Gasteiger charge is -2.07. The third kappa shape index (κ3) is 2.98. The van der Waals surface area contributed by atoms with Gasteiger partial charge >= 0.3 is 0 Å². The molecule has 15 heavy (non-hydrogen) atoms. The summed E-state index contributed by atoms with van der Waals surface area (Å²) in [4.78, 5) is 4.42. The largest absolute Gasteiger partial charge is 0.335 e. The number of rotatable bonds is 1. The van der Waals surface area contributed by atoms with E-state index in [0.29, 0.717) is 5.25 Å². The van der Waals surface area contributed by atoms with Crippen molar-refractivity contribution in [2.75, 3.05) is 11.9 Å². The Bertz CT molecular complexity index is 383. The maximum Gasteiger partial charge on any atom is 0.161 e. The van der Waals surface area contributed by atoms with E-state index in [0.717, 1.165) is 21.9 Å². The van der Waals surface area contributed by atoms with Gasteiger partial charge in [-0.2, -0.15) is 0 Å². The summed E-state index contributed by atoms with van der Waals surface area (Å²) >= 11 is 5.28. The van der Waals surface area contributed by atoms with Crippen LogP contribution in [0.5, 0.6) is 0 Å². The van der Waals surface area contributed by atoms with Gasteiger partial charge in [0.1, 0.15) is 0 Å². The lowest BCUT2D eigenvalue weighted by atomic mass is 10.2. The fraction of sp³-hybridized carbons (Fsp3) is 0.364. The molecule has 0 aliphatic carbocycles. The number of halogens is 1. The van der Waals surface area contributed by atoms with Crippen LogP contribution >= 0.6 is 27.7 Å². The van der Waals surface area contributed by atoms with E-state index in [1.165, 1.54) is 5.56 Å². The minimum absolute atomic E-state index is 0.598. The van der Waals surface area contributed by atoms with Crippen molar-refractivity contribution >= 4 is 38.5 Å². The lowest BCUT2D eigenvalue weighted by molar-refractivity contribution is 0.976. The van der Waals surface area contributed by atoms with E-state index in [4.69, 9.17) is 0 Å². The first-order valence-electron chi connectivity index (χ1n) is 4.89. The third-order valence-corrected chi connectivity index (χ3v) is 3.56. The van der Waals surface area contributed by atoms with Gasteiger partial charge in [-0.3, -0.25) is 4.99 Å². The Kier molecular flexibility index (Phi) is 3.36. The molecule has 1 aromatic carbocycles. The molecule has 1 atom stereocenters. The number of aryl methyl sites for hydroxylation is 1. The zero-order valence-electron chi connectivity index (χ0n) is 8.75. The minimum atomic E-state index is 0.598. The SMILES string of the molecule is Cc1cc(Br)cc(NC2=NCC(C)S2)c1. The molecule has 0 radical (unpaired) electrons. The minimum Gasteiger partial charge on any atom is -0.335 e. The van der Waals surface area contributed by atoms with Crippen LogP contribution in [-0.2, 0) is 0 Å². The topological polar surface area (TPSA) is 24.4 Å². The molecule has 1 unspecified atom stereocenters. The van der Waals surface area contributed by atoms with Crippen LogP contribution in [0.1, 0.15) is 12.5 Å². The highest BCUT2D eigenvalue weighted by Crippen LogP contribution is 2.24. The Morgan fingerprint density at radius 3 is 2.87 bits per heavy atom. The van der Waals surface area contributed by atoms with Gasteiger partial charge in [0, 0.05) is 15.4 Å². The van der Waals surface area contributed by atoms with Gasteiger partial charge in [-0.15, -0.1) is 0 Å². The molecule has 2 rings (SSSR count). The van der Waals surface area contributed by atoms with Gasteiger partial charge in [0.25, 0.3) is 0 Å². The lowest BCUT2D eigenvalue weighted by Crippen LogP contribution is -2.06. The van der Waals surface area contributed by atoms with Crippen LogP contribution in [0.25, 0.3) is 0 Å². The van der Waals surface area contributed by atoms with Crippen molar-refractivity contribution < 1.29 is 0 Å². The fourth-order valence-corrected chi connectivity index (χ4v) is 2.94. The molecule has 2 nitrogen and oxygen atoms in total. The molecule has 1 heterocycles. The number of anilines is 1. The molecule has 1 N–H and O–H groups in total. The van der Waals surface area contributed by atoms with Crippen molar-refractivity contribution in [1.29, 1.82) is 0 Å². The Morgan fingerprint density at radius 2 is 2.27 bits per heavy atom. The van der Waals surface area contributed by atoms with Crippen molar-refractivity contribution in [3.05, 3.63) is 28.2 Å². The second-order valence-corrected chi connectivity index (χ2v) is 6.06. The second kappa shape index (κ2) is 4.58. The van der Waals surface area contributed by atoms with Crippen LogP contribution in [0.3, 0.4) is 0 Å². The van der Waals surface area contributed by atoms with Crippen LogP contribution in [-0.4, -0.2) is 17.0 Å². The molecule has 0 saturated heterocycles. The van der Waals surface area contributed by atoms with Crippen molar-refractivity contribution in [3.63, 3.8) is 0 Å². The van der Waals surface area contributed by atoms with Crippen LogP contribution in [0.4, 0.5) is 5.69 Å². The van der Waals surface area contributed by atoms with Gasteiger partial charge in [0.15, 0.2) is 5.17 Å². The van der Waals surface area contributed by atoms with Crippen molar-refractivity contribution in [2.45, 2.75) is 19.1 Å². The highest BCUT2D eigenvalue weighted by molar-refractivity contribution is 9.10. The smallest absolute Gasteiger partial charge is 0.161 e. The van der Waals surface area contributed by atoms with Crippen molar-refractivity contribution in [3.8, 4) is 0 Å². The summed E-state index contributed by atoms with van der Waals surface area (Å²) in [5.74, 6) is 0. The van der Waals surface area contributed by atoms with Crippen LogP contribution in [0.15, 0.2) is 27.7 Å². The molecule has 1 aliphatic rings. The summed E-state index contributed by atoms with van der Waals surface area (Å²) in [5, 5.41) is 4.96. The number of nitrogens with zero attached hydrogens (tertiary/aromatic N) is 1. The summed E-state index contributed by atoms with van der Waals surface area (Å²) in [5.41, 5.74) is 2.34. The van der Waals surface area contributed by atoms with E-state index in [2.05, 4.69) is 58.3 Å². The highest BCUT2D eigenvalue weighted by Gasteiger charge is 2.14. The average molecular weight is 285 g/mol. The predicted molar refractivity (Wildman–Crippen MR) is 71.9 cm³/mol. The first-order chi connectivity index (χ1) is 7.13. The molecule has 0 aromatic heterocycles. The number of benzene rings is 1. The third-order valence-electron chi connectivity index (χ3n) is 2.10. The van der Waals surface area contributed by atoms with E-state index < -0.39 is 0 Å². The monoisotopic (exact) mass is 284 g/mol. The molecule has 0 bridgehead atoms. The van der Waals surface area contributed by atoms with Gasteiger partial charge in [-0.25, -0.2) is 0 Å². The number of amidine groups is 1. The summed E-state index contributed by atoms with van der Waals surface area (Å²) in [7, 11) is 0. The fourth-order valence-electron chi connectivity index (χ4n) is 1.48. The molecular weight excluding hydrogens is 272 g/mol. The molecule has 1 aliphatic heterocycles. The molecule has 1 aromatic rings. The van der Waals surface area contributed by atoms with Crippen molar-refractivity contribution in [2.24, 2.45) is 4.99 Å². The molecule has 0 spiro atoms. The Morgan fingerprint density at radius 1 is 1.47 bits per heavy atom. The number of nitrogens with one attached hydrogen (secondary N) is 1. The summed E-state index contributed by atoms with van der Waals surface area (Å²) < 4.78 is 1.10. The molecule has 0 saturated carbocycles. The highest BCUT2D eigenvalue weighted by atomic mass is 79.9. The summed E-state index contributed by atoms with van der Waals surface area (Å²) in [6.07, 6.45) is 0. The second-order valence-electron chi connectivity index (χ2n) is 3.72. The first kappa shape index (κ1) is 11.0. The molecule has 4 heteroatoms. The molecule has 80 valence electrons. The standard InChI is InChI=1S/C11H13BrN2S/c1-7-3-9(12)5-10(4-7)14-11-13-6-8(2)15-11/h3-5,8H,6H2,1-2H3,(H,13,14). The van der Waals surface area contributed by atoms with Gasteiger partial charge < -0.3 is 5.32 Å². The number of hydrogen-bond acceptors (Lipinski definition) is 3. The van der Waals surface area contributed by atoms with Gasteiger partial charge in [-0.05, 0) is 30.7 Å². The molecule has 0 amide bonds. The van der Waals surface area contributed by atoms with Gasteiger partial charge in [-0.1, -0.05) is 34.6 Å². The summed E-state index contributed by atoms with van der Waals surface area (Å²) in [6.45, 7) is 5.19. The van der Waals surface area contributed by atoms with Crippen molar-refractivity contribution in [1.82, 2.24) is 0 Å². The number of hydrogen-bond donors (Lipinski definition) is 1. The van der Waals surface area contributed by atoms with Gasteiger partial charge in [0.05, 0.1) is 6.54 Å². The number of aliphatic imine (C=N–C) groups is 1. The summed E-state index contributed by atoms with van der Waals surface area (Å²) in [6, 6.07) is 6.29. The Labute approximate surface area is 103 Å².